The number of hydrogen-bond acceptors (Lipinski definition) is 1. The Balaban J connectivity index is 2.43. The Morgan fingerprint density at radius 3 is 2.75 bits per heavy atom. The summed E-state index contributed by atoms with van der Waals surface area (Å²) in [6.07, 6.45) is 7.86. The first-order valence-electron chi connectivity index (χ1n) is 3.79. The van der Waals surface area contributed by atoms with Crippen LogP contribution in [0.25, 0.3) is 5.82 Å². The number of aryl methyl sites for hydroxylation is 2. The molecule has 0 amide bonds. The van der Waals surface area contributed by atoms with Gasteiger partial charge in [0.25, 0.3) is 0 Å². The van der Waals surface area contributed by atoms with E-state index in [1.54, 1.807) is 4.68 Å². The number of hydrogen-bond donors (Lipinski definition) is 0. The highest BCUT2D eigenvalue weighted by Gasteiger charge is 2.05. The first-order valence-corrected chi connectivity index (χ1v) is 3.79. The van der Waals surface area contributed by atoms with E-state index in [9.17, 15) is 0 Å². The molecule has 2 aromatic rings. The van der Waals surface area contributed by atoms with Gasteiger partial charge in [0.2, 0.25) is 12.1 Å². The van der Waals surface area contributed by atoms with E-state index in [1.807, 2.05) is 54.2 Å². The molecular formula is C8H11N4+. The van der Waals surface area contributed by atoms with E-state index in [2.05, 4.69) is 5.10 Å². The molecule has 2 aromatic heterocycles. The molecule has 0 saturated carbocycles. The lowest BCUT2D eigenvalue weighted by molar-refractivity contribution is -0.670. The molecule has 0 bridgehead atoms. The van der Waals surface area contributed by atoms with Gasteiger partial charge >= 0.3 is 0 Å². The monoisotopic (exact) mass is 163 g/mol. The van der Waals surface area contributed by atoms with E-state index >= 15 is 0 Å². The van der Waals surface area contributed by atoms with Gasteiger partial charge in [-0.1, -0.05) is 0 Å². The molecule has 0 atom stereocenters. The number of nitrogens with zero attached hydrogens (tertiary/aromatic N) is 4. The summed E-state index contributed by atoms with van der Waals surface area (Å²) in [7, 11) is 3.90. The van der Waals surface area contributed by atoms with Gasteiger partial charge in [0.15, 0.2) is 0 Å². The van der Waals surface area contributed by atoms with Crippen molar-refractivity contribution in [3.8, 4) is 5.82 Å². The predicted octanol–water partition coefficient (Wildman–Crippen LogP) is 0.0353. The van der Waals surface area contributed by atoms with Crippen LogP contribution in [-0.4, -0.2) is 14.3 Å². The maximum atomic E-state index is 4.26. The second kappa shape index (κ2) is 2.48. The Morgan fingerprint density at radius 2 is 2.25 bits per heavy atom. The summed E-state index contributed by atoms with van der Waals surface area (Å²) in [6.45, 7) is 0. The first kappa shape index (κ1) is 7.09. The second-order valence-electron chi connectivity index (χ2n) is 2.83. The molecule has 4 heteroatoms. The fourth-order valence-electron chi connectivity index (χ4n) is 1.13. The molecule has 0 aromatic carbocycles. The van der Waals surface area contributed by atoms with Gasteiger partial charge < -0.3 is 0 Å². The Labute approximate surface area is 70.7 Å². The van der Waals surface area contributed by atoms with E-state index in [4.69, 9.17) is 0 Å². The minimum absolute atomic E-state index is 0.943. The van der Waals surface area contributed by atoms with Gasteiger partial charge in [-0.15, -0.1) is 5.10 Å². The molecule has 2 heterocycles. The summed E-state index contributed by atoms with van der Waals surface area (Å²) in [6, 6.07) is 1.97. The molecule has 0 aliphatic carbocycles. The van der Waals surface area contributed by atoms with Crippen molar-refractivity contribution in [1.29, 1.82) is 0 Å². The zero-order chi connectivity index (χ0) is 8.55. The standard InChI is InChI=1S/C8H11N4/c1-10-5-6-12(7-10)8-3-4-11(2)9-8/h3-7H,1-2H3/q+1. The lowest BCUT2D eigenvalue weighted by atomic mass is 10.6. The third-order valence-corrected chi connectivity index (χ3v) is 1.73. The minimum Gasteiger partial charge on any atom is -0.272 e. The molecule has 0 aliphatic rings. The molecule has 0 radical (unpaired) electrons. The third kappa shape index (κ3) is 1.11. The van der Waals surface area contributed by atoms with Gasteiger partial charge in [0, 0.05) is 19.3 Å². The van der Waals surface area contributed by atoms with Crippen molar-refractivity contribution in [2.24, 2.45) is 14.1 Å². The summed E-state index contributed by atoms with van der Waals surface area (Å²) >= 11 is 0. The summed E-state index contributed by atoms with van der Waals surface area (Å²) in [5.74, 6) is 0.943. The van der Waals surface area contributed by atoms with Crippen LogP contribution in [0.3, 0.4) is 0 Å². The number of aromatic nitrogens is 4. The summed E-state index contributed by atoms with van der Waals surface area (Å²) in [4.78, 5) is 0. The van der Waals surface area contributed by atoms with E-state index in [0.717, 1.165) is 5.82 Å². The quantitative estimate of drug-likeness (QED) is 0.545. The van der Waals surface area contributed by atoms with Crippen LogP contribution in [0.15, 0.2) is 31.0 Å². The lowest BCUT2D eigenvalue weighted by Crippen LogP contribution is -2.23. The molecule has 62 valence electrons. The van der Waals surface area contributed by atoms with Crippen LogP contribution in [0.4, 0.5) is 0 Å². The van der Waals surface area contributed by atoms with Crippen LogP contribution in [0, 0.1) is 0 Å². The summed E-state index contributed by atoms with van der Waals surface area (Å²) in [5, 5.41) is 4.26. The van der Waals surface area contributed by atoms with Gasteiger partial charge in [-0.05, 0) is 0 Å². The molecule has 0 N–H and O–H groups in total. The Kier molecular flexibility index (Phi) is 1.46. The van der Waals surface area contributed by atoms with Crippen LogP contribution in [0.1, 0.15) is 0 Å². The van der Waals surface area contributed by atoms with E-state index in [1.165, 1.54) is 0 Å². The number of imidazole rings is 1. The van der Waals surface area contributed by atoms with Crippen molar-refractivity contribution < 1.29 is 4.57 Å². The summed E-state index contributed by atoms with van der Waals surface area (Å²) in [5.41, 5.74) is 0. The van der Waals surface area contributed by atoms with Crippen molar-refractivity contribution in [2.75, 3.05) is 0 Å². The minimum atomic E-state index is 0.943. The summed E-state index contributed by atoms with van der Waals surface area (Å²) < 4.78 is 5.74. The lowest BCUT2D eigenvalue weighted by Gasteiger charge is -1.86. The molecule has 0 aliphatic heterocycles. The van der Waals surface area contributed by atoms with E-state index < -0.39 is 0 Å². The smallest absolute Gasteiger partial charge is 0.250 e. The Morgan fingerprint density at radius 1 is 1.42 bits per heavy atom. The molecule has 4 nitrogen and oxygen atoms in total. The van der Waals surface area contributed by atoms with Gasteiger partial charge in [0.05, 0.1) is 7.05 Å². The fourth-order valence-corrected chi connectivity index (χ4v) is 1.13. The van der Waals surface area contributed by atoms with Crippen molar-refractivity contribution in [3.63, 3.8) is 0 Å². The Hall–Kier alpha value is -1.58. The molecule has 0 fully saturated rings. The van der Waals surface area contributed by atoms with Gasteiger partial charge in [-0.25, -0.2) is 4.57 Å². The average molecular weight is 163 g/mol. The molecular weight excluding hydrogens is 152 g/mol. The SMILES string of the molecule is Cn1ccc(-n2cc[n+](C)c2)n1. The van der Waals surface area contributed by atoms with Gasteiger partial charge in [0.1, 0.15) is 12.4 Å². The van der Waals surface area contributed by atoms with Crippen LogP contribution in [-0.2, 0) is 14.1 Å². The molecule has 2 rings (SSSR count). The van der Waals surface area contributed by atoms with Crippen molar-refractivity contribution >= 4 is 0 Å². The molecule has 0 unspecified atom stereocenters. The average Bonchev–Trinajstić information content (AvgIpc) is 2.58. The predicted molar refractivity (Wildman–Crippen MR) is 43.7 cm³/mol. The maximum absolute atomic E-state index is 4.26. The zero-order valence-electron chi connectivity index (χ0n) is 7.18. The van der Waals surface area contributed by atoms with Crippen LogP contribution < -0.4 is 4.57 Å². The Bertz CT molecular complexity index is 347. The third-order valence-electron chi connectivity index (χ3n) is 1.73. The normalized spacial score (nSPS) is 10.5. The van der Waals surface area contributed by atoms with Crippen LogP contribution in [0.5, 0.6) is 0 Å². The van der Waals surface area contributed by atoms with E-state index in [0.29, 0.717) is 0 Å². The highest BCUT2D eigenvalue weighted by atomic mass is 15.3. The van der Waals surface area contributed by atoms with E-state index in [-0.39, 0.29) is 0 Å². The van der Waals surface area contributed by atoms with Crippen LogP contribution >= 0.6 is 0 Å². The van der Waals surface area contributed by atoms with Crippen molar-refractivity contribution in [2.45, 2.75) is 0 Å². The fraction of sp³-hybridized carbons (Fsp3) is 0.250. The highest BCUT2D eigenvalue weighted by molar-refractivity contribution is 5.17. The van der Waals surface area contributed by atoms with Crippen molar-refractivity contribution in [3.05, 3.63) is 31.0 Å². The maximum Gasteiger partial charge on any atom is 0.250 e. The van der Waals surface area contributed by atoms with Crippen molar-refractivity contribution in [1.82, 2.24) is 14.3 Å². The largest absolute Gasteiger partial charge is 0.272 e. The molecule has 12 heavy (non-hydrogen) atoms. The molecule has 0 spiro atoms. The number of rotatable bonds is 1. The second-order valence-corrected chi connectivity index (χ2v) is 2.83. The molecule has 0 saturated heterocycles. The zero-order valence-corrected chi connectivity index (χ0v) is 7.18. The highest BCUT2D eigenvalue weighted by Crippen LogP contribution is 2.00. The van der Waals surface area contributed by atoms with Gasteiger partial charge in [-0.3, -0.25) is 4.68 Å². The van der Waals surface area contributed by atoms with Gasteiger partial charge in [-0.2, -0.15) is 4.57 Å². The topological polar surface area (TPSA) is 26.6 Å². The first-order chi connectivity index (χ1) is 5.75. The van der Waals surface area contributed by atoms with Crippen LogP contribution in [0.2, 0.25) is 0 Å².